The average molecular weight is 360 g/mol. The van der Waals surface area contributed by atoms with Gasteiger partial charge in [-0.3, -0.25) is 9.78 Å². The fourth-order valence-corrected chi connectivity index (χ4v) is 4.69. The first-order chi connectivity index (χ1) is 12.0. The summed E-state index contributed by atoms with van der Waals surface area (Å²) >= 11 is 0. The number of pyridine rings is 1. The number of sulfonamides is 1. The maximum atomic E-state index is 12.8. The number of benzene rings is 1. The van der Waals surface area contributed by atoms with Gasteiger partial charge in [-0.15, -0.1) is 0 Å². The van der Waals surface area contributed by atoms with E-state index in [1.54, 1.807) is 24.4 Å². The van der Waals surface area contributed by atoms with Crippen molar-refractivity contribution in [2.75, 3.05) is 13.2 Å². The summed E-state index contributed by atoms with van der Waals surface area (Å²) in [7, 11) is -3.59. The standard InChI is InChI=1S/C18H20N2O4S/c1-14-5-2-8-18(17(14)12-21)24-13-15-6-4-10-20(15)25(22,23)16-7-3-9-19-11-16/h2-3,5,7-9,11-12,15H,4,6,10,13H2,1H3/t15-/m0/s1. The maximum Gasteiger partial charge on any atom is 0.244 e. The average Bonchev–Trinajstić information content (AvgIpc) is 3.10. The molecule has 0 unspecified atom stereocenters. The van der Waals surface area contributed by atoms with Crippen LogP contribution in [0.5, 0.6) is 5.75 Å². The second-order valence-corrected chi connectivity index (χ2v) is 7.91. The van der Waals surface area contributed by atoms with Crippen LogP contribution in [0.25, 0.3) is 0 Å². The van der Waals surface area contributed by atoms with Gasteiger partial charge >= 0.3 is 0 Å². The molecule has 1 aromatic carbocycles. The van der Waals surface area contributed by atoms with E-state index in [1.807, 2.05) is 19.1 Å². The minimum atomic E-state index is -3.59. The molecule has 0 amide bonds. The fraction of sp³-hybridized carbons (Fsp3) is 0.333. The molecule has 7 heteroatoms. The van der Waals surface area contributed by atoms with Crippen molar-refractivity contribution in [1.82, 2.24) is 9.29 Å². The number of rotatable bonds is 6. The topological polar surface area (TPSA) is 76.6 Å². The van der Waals surface area contributed by atoms with Crippen molar-refractivity contribution >= 4 is 16.3 Å². The van der Waals surface area contributed by atoms with Crippen molar-refractivity contribution in [1.29, 1.82) is 0 Å². The van der Waals surface area contributed by atoms with E-state index >= 15 is 0 Å². The van der Waals surface area contributed by atoms with Crippen LogP contribution >= 0.6 is 0 Å². The van der Waals surface area contributed by atoms with Crippen molar-refractivity contribution < 1.29 is 17.9 Å². The van der Waals surface area contributed by atoms with Crippen molar-refractivity contribution in [3.8, 4) is 5.75 Å². The van der Waals surface area contributed by atoms with Gasteiger partial charge in [-0.1, -0.05) is 12.1 Å². The van der Waals surface area contributed by atoms with Crippen LogP contribution in [0.1, 0.15) is 28.8 Å². The number of hydrogen-bond donors (Lipinski definition) is 0. The van der Waals surface area contributed by atoms with E-state index in [0.29, 0.717) is 17.9 Å². The Morgan fingerprint density at radius 1 is 1.32 bits per heavy atom. The number of aldehydes is 1. The molecule has 1 saturated heterocycles. The summed E-state index contributed by atoms with van der Waals surface area (Å²) in [6.45, 7) is 2.51. The lowest BCUT2D eigenvalue weighted by molar-refractivity contribution is 0.111. The molecule has 1 aromatic heterocycles. The van der Waals surface area contributed by atoms with Crippen LogP contribution in [0.3, 0.4) is 0 Å². The van der Waals surface area contributed by atoms with Crippen molar-refractivity contribution in [3.63, 3.8) is 0 Å². The zero-order valence-electron chi connectivity index (χ0n) is 14.0. The Balaban J connectivity index is 1.77. The number of nitrogens with zero attached hydrogens (tertiary/aromatic N) is 2. The number of aromatic nitrogens is 1. The maximum absolute atomic E-state index is 12.8. The first-order valence-corrected chi connectivity index (χ1v) is 9.57. The van der Waals surface area contributed by atoms with Crippen LogP contribution in [-0.2, 0) is 10.0 Å². The Morgan fingerprint density at radius 3 is 2.88 bits per heavy atom. The Labute approximate surface area is 147 Å². The first kappa shape index (κ1) is 17.6. The number of aryl methyl sites for hydroxylation is 1. The summed E-state index contributed by atoms with van der Waals surface area (Å²) < 4.78 is 32.9. The van der Waals surface area contributed by atoms with E-state index in [2.05, 4.69) is 4.98 Å². The molecule has 3 rings (SSSR count). The van der Waals surface area contributed by atoms with Crippen molar-refractivity contribution in [3.05, 3.63) is 53.9 Å². The number of carbonyl (C=O) groups excluding carboxylic acids is 1. The molecule has 2 heterocycles. The molecule has 2 aromatic rings. The molecule has 132 valence electrons. The first-order valence-electron chi connectivity index (χ1n) is 8.13. The minimum absolute atomic E-state index is 0.186. The van der Waals surface area contributed by atoms with E-state index in [9.17, 15) is 13.2 Å². The van der Waals surface area contributed by atoms with Crippen LogP contribution in [0.4, 0.5) is 0 Å². The quantitative estimate of drug-likeness (QED) is 0.740. The third-order valence-electron chi connectivity index (χ3n) is 4.40. The van der Waals surface area contributed by atoms with Gasteiger partial charge in [0.25, 0.3) is 0 Å². The lowest BCUT2D eigenvalue weighted by Crippen LogP contribution is -2.39. The van der Waals surface area contributed by atoms with E-state index in [4.69, 9.17) is 4.74 Å². The summed E-state index contributed by atoms with van der Waals surface area (Å²) in [6.07, 6.45) is 5.17. The van der Waals surface area contributed by atoms with Crippen LogP contribution in [0.15, 0.2) is 47.6 Å². The van der Waals surface area contributed by atoms with E-state index in [-0.39, 0.29) is 17.5 Å². The summed E-state index contributed by atoms with van der Waals surface area (Å²) in [5.74, 6) is 0.487. The summed E-state index contributed by atoms with van der Waals surface area (Å²) in [5, 5.41) is 0. The third kappa shape index (κ3) is 3.57. The largest absolute Gasteiger partial charge is 0.491 e. The predicted molar refractivity (Wildman–Crippen MR) is 93.2 cm³/mol. The van der Waals surface area contributed by atoms with Crippen LogP contribution in [0, 0.1) is 6.92 Å². The second-order valence-electron chi connectivity index (χ2n) is 6.02. The SMILES string of the molecule is Cc1cccc(OC[C@@H]2CCCN2S(=O)(=O)c2cccnc2)c1C=O. The number of carbonyl (C=O) groups is 1. The molecule has 0 aliphatic carbocycles. The molecule has 1 aliphatic heterocycles. The van der Waals surface area contributed by atoms with Gasteiger partial charge in [0.15, 0.2) is 6.29 Å². The van der Waals surface area contributed by atoms with Gasteiger partial charge in [0, 0.05) is 18.9 Å². The monoisotopic (exact) mass is 360 g/mol. The second kappa shape index (κ2) is 7.33. The molecule has 1 atom stereocenters. The van der Waals surface area contributed by atoms with Crippen molar-refractivity contribution in [2.45, 2.75) is 30.7 Å². The molecule has 0 bridgehead atoms. The van der Waals surface area contributed by atoms with Crippen molar-refractivity contribution in [2.24, 2.45) is 0 Å². The minimum Gasteiger partial charge on any atom is -0.491 e. The Morgan fingerprint density at radius 2 is 2.16 bits per heavy atom. The van der Waals surface area contributed by atoms with E-state index in [0.717, 1.165) is 24.7 Å². The molecule has 0 N–H and O–H groups in total. The lowest BCUT2D eigenvalue weighted by Gasteiger charge is -2.24. The predicted octanol–water partition coefficient (Wildman–Crippen LogP) is 2.43. The zero-order chi connectivity index (χ0) is 17.9. The molecule has 1 fully saturated rings. The van der Waals surface area contributed by atoms with Gasteiger partial charge in [-0.05, 0) is 43.5 Å². The molecule has 0 spiro atoms. The van der Waals surface area contributed by atoms with Gasteiger partial charge in [0.2, 0.25) is 10.0 Å². The van der Waals surface area contributed by atoms with E-state index < -0.39 is 10.0 Å². The molecule has 1 aliphatic rings. The lowest BCUT2D eigenvalue weighted by atomic mass is 10.1. The molecule has 0 saturated carbocycles. The normalized spacial score (nSPS) is 18.2. The highest BCUT2D eigenvalue weighted by atomic mass is 32.2. The molecular weight excluding hydrogens is 340 g/mol. The zero-order valence-corrected chi connectivity index (χ0v) is 14.8. The summed E-state index contributed by atoms with van der Waals surface area (Å²) in [4.78, 5) is 15.3. The number of hydrogen-bond acceptors (Lipinski definition) is 5. The van der Waals surface area contributed by atoms with Gasteiger partial charge in [-0.2, -0.15) is 4.31 Å². The highest BCUT2D eigenvalue weighted by Gasteiger charge is 2.35. The smallest absolute Gasteiger partial charge is 0.244 e. The highest BCUT2D eigenvalue weighted by molar-refractivity contribution is 7.89. The summed E-state index contributed by atoms with van der Waals surface area (Å²) in [5.41, 5.74) is 1.33. The van der Waals surface area contributed by atoms with Crippen LogP contribution < -0.4 is 4.74 Å². The Hall–Kier alpha value is -2.25. The number of ether oxygens (including phenoxy) is 1. The van der Waals surface area contributed by atoms with Gasteiger partial charge in [0.05, 0.1) is 11.6 Å². The molecule has 25 heavy (non-hydrogen) atoms. The third-order valence-corrected chi connectivity index (χ3v) is 6.33. The van der Waals surface area contributed by atoms with E-state index in [1.165, 1.54) is 10.5 Å². The highest BCUT2D eigenvalue weighted by Crippen LogP contribution is 2.27. The Kier molecular flexibility index (Phi) is 5.15. The van der Waals surface area contributed by atoms with Crippen LogP contribution in [-0.4, -0.2) is 43.2 Å². The van der Waals surface area contributed by atoms with Crippen LogP contribution in [0.2, 0.25) is 0 Å². The van der Waals surface area contributed by atoms with Gasteiger partial charge < -0.3 is 4.74 Å². The Bertz CT molecular complexity index is 853. The molecule has 0 radical (unpaired) electrons. The fourth-order valence-electron chi connectivity index (χ4n) is 3.04. The molecular formula is C18H20N2O4S. The van der Waals surface area contributed by atoms with Gasteiger partial charge in [-0.25, -0.2) is 8.42 Å². The molecule has 6 nitrogen and oxygen atoms in total. The van der Waals surface area contributed by atoms with Gasteiger partial charge in [0.1, 0.15) is 17.3 Å². The summed E-state index contributed by atoms with van der Waals surface area (Å²) in [6, 6.07) is 8.28.